The van der Waals surface area contributed by atoms with Gasteiger partial charge in [-0.25, -0.2) is 16.8 Å². The van der Waals surface area contributed by atoms with Crippen LogP contribution in [0.1, 0.15) is 99.3 Å². The molecule has 7 rings (SSSR count). The standard InChI is InChI=1S/C45H76O22S2.2Na/c1-20(2)30(67-69(56,57)58)11-8-21(3)25-9-10-26-24-17-31(28-16-23(66-68(53,54)55)12-14-45(28,6)27(24)13-15-44(25,26)5)62-42-37(52)39(35(50)32(18-46)63-42)64-43-40(34(49)29(47)19-60-43)65-41-36(51)38(59-7)33(48)22(4)61-41;;/h13,20-26,28-43,46-52H,8-12,14-19H2,1-7H3,(H,53,54,55)(H,56,57,58);;/q;2*+1/p-2/t21-,22-,23+,24+,25-,26+,28?,29-,30+,31+,32-,33-,34+,35-,36-,37-,38+,39+,40-,41+,42-,43+,44-,45-;;/m1../s1. The third-order valence-electron chi connectivity index (χ3n) is 17.1. The molecule has 0 radical (unpaired) electrons. The van der Waals surface area contributed by atoms with E-state index >= 15 is 0 Å². The molecular formula is C45H74Na2O22S2. The van der Waals surface area contributed by atoms with Crippen LogP contribution in [0.15, 0.2) is 11.6 Å². The van der Waals surface area contributed by atoms with Gasteiger partial charge >= 0.3 is 59.1 Å². The summed E-state index contributed by atoms with van der Waals surface area (Å²) in [6, 6.07) is 0. The zero-order valence-electron chi connectivity index (χ0n) is 42.2. The monoisotopic (exact) mass is 1080 g/mol. The minimum absolute atomic E-state index is 0. The second-order valence-electron chi connectivity index (χ2n) is 21.5. The van der Waals surface area contributed by atoms with E-state index in [1.807, 2.05) is 13.8 Å². The molecule has 26 heteroatoms. The third kappa shape index (κ3) is 13.5. The summed E-state index contributed by atoms with van der Waals surface area (Å²) in [5.74, 6) is -0.229. The summed E-state index contributed by atoms with van der Waals surface area (Å²) >= 11 is 0. The number of aliphatic hydroxyl groups excluding tert-OH is 7. The maximum Gasteiger partial charge on any atom is 1.00 e. The van der Waals surface area contributed by atoms with Gasteiger partial charge in [0.15, 0.2) is 18.9 Å². The van der Waals surface area contributed by atoms with Crippen molar-refractivity contribution in [2.75, 3.05) is 20.3 Å². The molecule has 6 fully saturated rings. The van der Waals surface area contributed by atoms with E-state index in [9.17, 15) is 61.7 Å². The van der Waals surface area contributed by atoms with Crippen molar-refractivity contribution in [2.45, 2.75) is 204 Å². The van der Waals surface area contributed by atoms with E-state index in [1.165, 1.54) is 19.6 Å². The Bertz CT molecular complexity index is 2010. The summed E-state index contributed by atoms with van der Waals surface area (Å²) < 4.78 is 122. The first kappa shape index (κ1) is 62.8. The SMILES string of the molecule is CO[C@@H]1[C@@H](O)[C@H](O[C@H]2[C@H](O[C@@H]3[C@@H](O)[C@H](O[C@H]4C[C@@H]5C(=CC[C@]6(C)[C@@H]([C@H](C)CC[C@H](OS(=O)(=O)[O-])C(C)C)CC[C@@H]56)[C@@]5(C)CC[C@H](OS(=O)(=O)[O-])CC45)O[C@H](CO)[C@H]3O)OC[C@@H](O)[C@@H]2O)O[C@H](C)[C@H]1O.[Na+].[Na+]. The maximum absolute atomic E-state index is 12.1. The fraction of sp³-hybridized carbons (Fsp3) is 0.956. The predicted molar refractivity (Wildman–Crippen MR) is 234 cm³/mol. The van der Waals surface area contributed by atoms with Gasteiger partial charge in [-0.05, 0) is 111 Å². The molecule has 3 heterocycles. The molecule has 3 saturated heterocycles. The van der Waals surface area contributed by atoms with Crippen molar-refractivity contribution in [1.29, 1.82) is 0 Å². The first-order valence-corrected chi connectivity index (χ1v) is 27.0. The van der Waals surface area contributed by atoms with Crippen molar-refractivity contribution in [3.05, 3.63) is 11.6 Å². The Hall–Kier alpha value is 0.920. The van der Waals surface area contributed by atoms with Crippen LogP contribution < -0.4 is 59.1 Å². The summed E-state index contributed by atoms with van der Waals surface area (Å²) in [6.45, 7) is 10.4. The Kier molecular flexibility index (Phi) is 22.0. The van der Waals surface area contributed by atoms with E-state index in [0.717, 1.165) is 19.3 Å². The van der Waals surface area contributed by atoms with Crippen molar-refractivity contribution >= 4 is 20.8 Å². The van der Waals surface area contributed by atoms with Crippen molar-refractivity contribution in [3.63, 3.8) is 0 Å². The topological polar surface area (TPSA) is 339 Å². The Morgan fingerprint density at radius 2 is 1.42 bits per heavy atom. The first-order chi connectivity index (χ1) is 32.2. The van der Waals surface area contributed by atoms with E-state index in [2.05, 4.69) is 26.8 Å². The van der Waals surface area contributed by atoms with Gasteiger partial charge in [0.2, 0.25) is 20.8 Å². The van der Waals surface area contributed by atoms with E-state index in [1.54, 1.807) is 0 Å². The van der Waals surface area contributed by atoms with E-state index < -0.39 is 150 Å². The van der Waals surface area contributed by atoms with Gasteiger partial charge in [-0.3, -0.25) is 8.37 Å². The van der Waals surface area contributed by atoms with Crippen molar-refractivity contribution in [3.8, 4) is 0 Å². The third-order valence-corrected chi connectivity index (χ3v) is 18.1. The summed E-state index contributed by atoms with van der Waals surface area (Å²) in [7, 11) is -8.70. The molecule has 71 heavy (non-hydrogen) atoms. The molecule has 0 aromatic heterocycles. The van der Waals surface area contributed by atoms with E-state index in [0.29, 0.717) is 25.7 Å². The molecule has 0 spiro atoms. The average Bonchev–Trinajstić information content (AvgIpc) is 3.63. The molecule has 0 bridgehead atoms. The zero-order chi connectivity index (χ0) is 50.7. The van der Waals surface area contributed by atoms with Crippen LogP contribution in [0.2, 0.25) is 0 Å². The number of rotatable bonds is 17. The molecule has 3 aliphatic heterocycles. The first-order valence-electron chi connectivity index (χ1n) is 24.3. The summed E-state index contributed by atoms with van der Waals surface area (Å²) in [4.78, 5) is 0. The Labute approximate surface area is 461 Å². The van der Waals surface area contributed by atoms with Crippen LogP contribution in [0.5, 0.6) is 0 Å². The summed E-state index contributed by atoms with van der Waals surface area (Å²) in [6.07, 6.45) is -16.7. The van der Waals surface area contributed by atoms with Crippen LogP contribution in [0.4, 0.5) is 0 Å². The normalized spacial score (nSPS) is 45.8. The minimum Gasteiger partial charge on any atom is -0.726 e. The van der Waals surface area contributed by atoms with Crippen LogP contribution in [-0.4, -0.2) is 186 Å². The average molecular weight is 1080 g/mol. The van der Waals surface area contributed by atoms with Gasteiger partial charge in [0.25, 0.3) is 0 Å². The van der Waals surface area contributed by atoms with Gasteiger partial charge < -0.3 is 78.0 Å². The molecule has 0 amide bonds. The molecular weight excluding hydrogens is 1000 g/mol. The number of aliphatic hydroxyl groups is 7. The number of hydrogen-bond acceptors (Lipinski definition) is 22. The molecule has 24 atom stereocenters. The molecule has 7 N–H and O–H groups in total. The van der Waals surface area contributed by atoms with Gasteiger partial charge in [0.1, 0.15) is 61.0 Å². The molecule has 400 valence electrons. The van der Waals surface area contributed by atoms with Gasteiger partial charge in [0, 0.05) is 7.11 Å². The molecule has 1 unspecified atom stereocenters. The molecule has 4 aliphatic carbocycles. The van der Waals surface area contributed by atoms with Gasteiger partial charge in [-0.15, -0.1) is 0 Å². The molecule has 3 saturated carbocycles. The fourth-order valence-electron chi connectivity index (χ4n) is 13.4. The zero-order valence-corrected chi connectivity index (χ0v) is 47.8. The summed E-state index contributed by atoms with van der Waals surface area (Å²) in [5.41, 5.74) is 0.395. The molecule has 0 aromatic carbocycles. The predicted octanol–water partition coefficient (Wildman–Crippen LogP) is -5.90. The number of methoxy groups -OCH3 is 1. The fourth-order valence-corrected chi connectivity index (χ4v) is 14.5. The van der Waals surface area contributed by atoms with Gasteiger partial charge in [-0.1, -0.05) is 46.3 Å². The largest absolute Gasteiger partial charge is 1.00 e. The van der Waals surface area contributed by atoms with Gasteiger partial charge in [0.05, 0.1) is 37.6 Å². The maximum atomic E-state index is 12.1. The van der Waals surface area contributed by atoms with Crippen molar-refractivity contribution < 1.29 is 162 Å². The van der Waals surface area contributed by atoms with Crippen LogP contribution >= 0.6 is 0 Å². The van der Waals surface area contributed by atoms with Crippen molar-refractivity contribution in [2.24, 2.45) is 46.3 Å². The Morgan fingerprint density at radius 1 is 0.775 bits per heavy atom. The Morgan fingerprint density at radius 3 is 2.04 bits per heavy atom. The molecule has 7 aliphatic rings. The molecule has 0 aromatic rings. The number of allylic oxidation sites excluding steroid dienone is 2. The second-order valence-corrected chi connectivity index (χ2v) is 23.5. The van der Waals surface area contributed by atoms with E-state index in [4.69, 9.17) is 41.5 Å². The number of fused-ring (bicyclic) bond motifs is 5. The van der Waals surface area contributed by atoms with Crippen LogP contribution in [0.25, 0.3) is 0 Å². The van der Waals surface area contributed by atoms with E-state index in [-0.39, 0.29) is 107 Å². The van der Waals surface area contributed by atoms with Crippen LogP contribution in [0.3, 0.4) is 0 Å². The summed E-state index contributed by atoms with van der Waals surface area (Å²) in [5, 5.41) is 77.4. The van der Waals surface area contributed by atoms with Crippen LogP contribution in [0, 0.1) is 46.3 Å². The van der Waals surface area contributed by atoms with Crippen molar-refractivity contribution in [1.82, 2.24) is 0 Å². The van der Waals surface area contributed by atoms with Gasteiger partial charge in [-0.2, -0.15) is 0 Å². The Balaban J connectivity index is 0.00000469. The smallest absolute Gasteiger partial charge is 0.726 e. The number of ether oxygens (including phenoxy) is 7. The minimum atomic E-state index is -5.08. The quantitative estimate of drug-likeness (QED) is 0.0309. The molecule has 22 nitrogen and oxygen atoms in total. The second kappa shape index (κ2) is 24.9. The van der Waals surface area contributed by atoms with Crippen LogP contribution in [-0.2, 0) is 62.3 Å². The number of hydrogen-bond donors (Lipinski definition) is 7.